The van der Waals surface area contributed by atoms with Gasteiger partial charge in [0.15, 0.2) is 0 Å². The van der Waals surface area contributed by atoms with Crippen LogP contribution in [-0.4, -0.2) is 59.8 Å². The van der Waals surface area contributed by atoms with Crippen molar-refractivity contribution in [1.82, 2.24) is 14.8 Å². The number of likely N-dealkylation sites (N-methyl/N-ethyl adjacent to an activating group) is 1. The van der Waals surface area contributed by atoms with Gasteiger partial charge in [0.1, 0.15) is 5.69 Å². The molecule has 0 atom stereocenters. The molecule has 6 nitrogen and oxygen atoms in total. The Balaban J connectivity index is 1.69. The Bertz CT molecular complexity index is 781. The van der Waals surface area contributed by atoms with Crippen molar-refractivity contribution in [3.05, 3.63) is 59.4 Å². The lowest BCUT2D eigenvalue weighted by Crippen LogP contribution is -2.47. The topological polar surface area (TPSA) is 65.5 Å². The minimum absolute atomic E-state index is 0.125. The predicted octanol–water partition coefficient (Wildman–Crippen LogP) is 2.28. The molecule has 1 aliphatic rings. The molecule has 2 aromatic rings. The molecule has 1 fully saturated rings. The van der Waals surface area contributed by atoms with Crippen molar-refractivity contribution >= 4 is 17.5 Å². The SMILES string of the molecule is CCc1ccc(NC(=O)c2ccnc(C(=O)N3CCN(C)CC3)c2)cc1. The van der Waals surface area contributed by atoms with E-state index >= 15 is 0 Å². The summed E-state index contributed by atoms with van der Waals surface area (Å²) >= 11 is 0. The Hall–Kier alpha value is -2.73. The number of aromatic nitrogens is 1. The van der Waals surface area contributed by atoms with Crippen LogP contribution in [0, 0.1) is 0 Å². The second kappa shape index (κ2) is 8.10. The number of piperazine rings is 1. The Morgan fingerprint density at radius 2 is 1.77 bits per heavy atom. The largest absolute Gasteiger partial charge is 0.335 e. The lowest BCUT2D eigenvalue weighted by molar-refractivity contribution is 0.0658. The zero-order valence-corrected chi connectivity index (χ0v) is 15.2. The molecule has 1 aromatic heterocycles. The summed E-state index contributed by atoms with van der Waals surface area (Å²) in [5.74, 6) is -0.371. The molecule has 2 amide bonds. The highest BCUT2D eigenvalue weighted by Crippen LogP contribution is 2.13. The number of hydrogen-bond donors (Lipinski definition) is 1. The summed E-state index contributed by atoms with van der Waals surface area (Å²) in [6, 6.07) is 10.9. The smallest absolute Gasteiger partial charge is 0.272 e. The van der Waals surface area contributed by atoms with Gasteiger partial charge >= 0.3 is 0 Å². The lowest BCUT2D eigenvalue weighted by atomic mass is 10.1. The van der Waals surface area contributed by atoms with Gasteiger partial charge < -0.3 is 15.1 Å². The first-order valence-corrected chi connectivity index (χ1v) is 8.91. The molecule has 1 saturated heterocycles. The number of pyridine rings is 1. The minimum atomic E-state index is -0.246. The molecule has 2 heterocycles. The van der Waals surface area contributed by atoms with E-state index < -0.39 is 0 Å². The van der Waals surface area contributed by atoms with Gasteiger partial charge in [-0.15, -0.1) is 0 Å². The summed E-state index contributed by atoms with van der Waals surface area (Å²) in [5.41, 5.74) is 2.68. The Kier molecular flexibility index (Phi) is 5.63. The summed E-state index contributed by atoms with van der Waals surface area (Å²) in [4.78, 5) is 33.2. The van der Waals surface area contributed by atoms with Gasteiger partial charge in [0.25, 0.3) is 11.8 Å². The van der Waals surface area contributed by atoms with E-state index in [-0.39, 0.29) is 11.8 Å². The second-order valence-corrected chi connectivity index (χ2v) is 6.53. The fourth-order valence-electron chi connectivity index (χ4n) is 2.89. The van der Waals surface area contributed by atoms with Crippen molar-refractivity contribution in [2.75, 3.05) is 38.5 Å². The molecule has 1 aliphatic heterocycles. The number of carbonyl (C=O) groups is 2. The highest BCUT2D eigenvalue weighted by atomic mass is 16.2. The molecule has 0 radical (unpaired) electrons. The van der Waals surface area contributed by atoms with E-state index in [9.17, 15) is 9.59 Å². The fraction of sp³-hybridized carbons (Fsp3) is 0.350. The maximum Gasteiger partial charge on any atom is 0.272 e. The van der Waals surface area contributed by atoms with Gasteiger partial charge in [-0.3, -0.25) is 14.6 Å². The summed E-state index contributed by atoms with van der Waals surface area (Å²) in [6.07, 6.45) is 2.47. The Morgan fingerprint density at radius 1 is 1.08 bits per heavy atom. The van der Waals surface area contributed by atoms with Crippen molar-refractivity contribution in [3.8, 4) is 0 Å². The maximum atomic E-state index is 12.6. The molecule has 1 aromatic carbocycles. The molecule has 0 aliphatic carbocycles. The van der Waals surface area contributed by atoms with Gasteiger partial charge in [0, 0.05) is 43.6 Å². The first kappa shape index (κ1) is 18.1. The zero-order valence-electron chi connectivity index (χ0n) is 15.2. The van der Waals surface area contributed by atoms with Crippen LogP contribution < -0.4 is 5.32 Å². The minimum Gasteiger partial charge on any atom is -0.335 e. The number of aryl methyl sites for hydroxylation is 1. The molecular weight excluding hydrogens is 328 g/mol. The number of benzene rings is 1. The first-order valence-electron chi connectivity index (χ1n) is 8.91. The van der Waals surface area contributed by atoms with E-state index in [1.807, 2.05) is 31.3 Å². The highest BCUT2D eigenvalue weighted by molar-refractivity contribution is 6.05. The van der Waals surface area contributed by atoms with E-state index in [0.29, 0.717) is 24.3 Å². The van der Waals surface area contributed by atoms with Crippen LogP contribution in [-0.2, 0) is 6.42 Å². The van der Waals surface area contributed by atoms with Gasteiger partial charge in [-0.2, -0.15) is 0 Å². The van der Waals surface area contributed by atoms with Crippen LogP contribution in [0.5, 0.6) is 0 Å². The summed E-state index contributed by atoms with van der Waals surface area (Å²) in [7, 11) is 2.04. The number of rotatable bonds is 4. The average Bonchev–Trinajstić information content (AvgIpc) is 2.68. The van der Waals surface area contributed by atoms with Gasteiger partial charge in [-0.25, -0.2) is 0 Å². The van der Waals surface area contributed by atoms with E-state index in [0.717, 1.165) is 25.2 Å². The molecule has 3 rings (SSSR count). The molecule has 0 saturated carbocycles. The van der Waals surface area contributed by atoms with Crippen LogP contribution in [0.2, 0.25) is 0 Å². The normalized spacial score (nSPS) is 14.9. The number of anilines is 1. The molecule has 6 heteroatoms. The molecule has 1 N–H and O–H groups in total. The Labute approximate surface area is 153 Å². The quantitative estimate of drug-likeness (QED) is 0.917. The number of amides is 2. The molecular formula is C20H24N4O2. The third-order valence-electron chi connectivity index (χ3n) is 4.65. The van der Waals surface area contributed by atoms with E-state index in [1.54, 1.807) is 17.0 Å². The molecule has 0 unspecified atom stereocenters. The van der Waals surface area contributed by atoms with E-state index in [2.05, 4.69) is 22.1 Å². The van der Waals surface area contributed by atoms with Crippen LogP contribution in [0.25, 0.3) is 0 Å². The number of nitrogens with zero attached hydrogens (tertiary/aromatic N) is 3. The fourth-order valence-corrected chi connectivity index (χ4v) is 2.89. The summed E-state index contributed by atoms with van der Waals surface area (Å²) in [5, 5.41) is 2.86. The van der Waals surface area contributed by atoms with Crippen molar-refractivity contribution in [3.63, 3.8) is 0 Å². The molecule has 0 spiro atoms. The van der Waals surface area contributed by atoms with Gasteiger partial charge in [-0.05, 0) is 43.3 Å². The zero-order chi connectivity index (χ0) is 18.5. The highest BCUT2D eigenvalue weighted by Gasteiger charge is 2.22. The third kappa shape index (κ3) is 4.26. The number of nitrogens with one attached hydrogen (secondary N) is 1. The van der Waals surface area contributed by atoms with E-state index in [4.69, 9.17) is 0 Å². The molecule has 26 heavy (non-hydrogen) atoms. The summed E-state index contributed by atoms with van der Waals surface area (Å²) < 4.78 is 0. The molecule has 136 valence electrons. The van der Waals surface area contributed by atoms with Crippen LogP contribution >= 0.6 is 0 Å². The van der Waals surface area contributed by atoms with Crippen molar-refractivity contribution in [2.24, 2.45) is 0 Å². The van der Waals surface area contributed by atoms with Crippen molar-refractivity contribution in [1.29, 1.82) is 0 Å². The predicted molar refractivity (Wildman–Crippen MR) is 101 cm³/mol. The second-order valence-electron chi connectivity index (χ2n) is 6.53. The lowest BCUT2D eigenvalue weighted by Gasteiger charge is -2.32. The van der Waals surface area contributed by atoms with Crippen molar-refractivity contribution < 1.29 is 9.59 Å². The van der Waals surface area contributed by atoms with Gasteiger partial charge in [-0.1, -0.05) is 19.1 Å². The summed E-state index contributed by atoms with van der Waals surface area (Å²) in [6.45, 7) is 5.14. The number of hydrogen-bond acceptors (Lipinski definition) is 4. The first-order chi connectivity index (χ1) is 12.6. The molecule has 0 bridgehead atoms. The maximum absolute atomic E-state index is 12.6. The Morgan fingerprint density at radius 3 is 2.42 bits per heavy atom. The number of carbonyl (C=O) groups excluding carboxylic acids is 2. The van der Waals surface area contributed by atoms with Gasteiger partial charge in [0.05, 0.1) is 0 Å². The van der Waals surface area contributed by atoms with Crippen LogP contribution in [0.4, 0.5) is 5.69 Å². The average molecular weight is 352 g/mol. The van der Waals surface area contributed by atoms with Crippen LogP contribution in [0.1, 0.15) is 33.3 Å². The van der Waals surface area contributed by atoms with Gasteiger partial charge in [0.2, 0.25) is 0 Å². The van der Waals surface area contributed by atoms with Crippen molar-refractivity contribution in [2.45, 2.75) is 13.3 Å². The monoisotopic (exact) mass is 352 g/mol. The van der Waals surface area contributed by atoms with Crippen LogP contribution in [0.3, 0.4) is 0 Å². The third-order valence-corrected chi connectivity index (χ3v) is 4.65. The van der Waals surface area contributed by atoms with Crippen LogP contribution in [0.15, 0.2) is 42.6 Å². The van der Waals surface area contributed by atoms with E-state index in [1.165, 1.54) is 11.8 Å². The standard InChI is InChI=1S/C20H24N4O2/c1-3-15-4-6-17(7-5-15)22-19(25)16-8-9-21-18(14-16)20(26)24-12-10-23(2)11-13-24/h4-9,14H,3,10-13H2,1-2H3,(H,22,25).